The van der Waals surface area contributed by atoms with Gasteiger partial charge in [-0.25, -0.2) is 0 Å². The number of nitro groups is 1. The summed E-state index contributed by atoms with van der Waals surface area (Å²) in [5.41, 5.74) is 0.447. The first-order valence-corrected chi connectivity index (χ1v) is 7.77. The summed E-state index contributed by atoms with van der Waals surface area (Å²) in [5.74, 6) is -0.631. The van der Waals surface area contributed by atoms with Crippen molar-refractivity contribution in [3.05, 3.63) is 69.9 Å². The molecule has 0 spiro atoms. The molecular weight excluding hydrogens is 294 g/mol. The Kier molecular flexibility index (Phi) is 3.97. The van der Waals surface area contributed by atoms with Crippen molar-refractivity contribution in [2.75, 3.05) is 0 Å². The summed E-state index contributed by atoms with van der Waals surface area (Å²) < 4.78 is 31.9. The molecule has 1 aromatic carbocycles. The zero-order valence-electron chi connectivity index (χ0n) is 11.3. The molecule has 0 amide bonds. The second-order valence-electron chi connectivity index (χ2n) is 5.01. The van der Waals surface area contributed by atoms with Crippen LogP contribution in [0.5, 0.6) is 0 Å². The van der Waals surface area contributed by atoms with Gasteiger partial charge >= 0.3 is 0 Å². The van der Waals surface area contributed by atoms with Crippen molar-refractivity contribution in [3.8, 4) is 0 Å². The molecule has 0 saturated carbocycles. The molecule has 0 fully saturated rings. The highest BCUT2D eigenvalue weighted by Crippen LogP contribution is 2.42. The van der Waals surface area contributed by atoms with Crippen molar-refractivity contribution in [1.82, 2.24) is 0 Å². The van der Waals surface area contributed by atoms with E-state index >= 15 is 0 Å². The van der Waals surface area contributed by atoms with Crippen molar-refractivity contribution in [2.45, 2.75) is 24.0 Å². The zero-order valence-corrected chi connectivity index (χ0v) is 12.2. The molecule has 1 N–H and O–H groups in total. The van der Waals surface area contributed by atoms with E-state index in [-0.39, 0.29) is 12.1 Å². The average Bonchev–Trinajstić information content (AvgIpc) is 2.46. The Bertz CT molecular complexity index is 708. The largest absolute Gasteiger partial charge is 0.285 e. The van der Waals surface area contributed by atoms with Crippen LogP contribution in [0.4, 0.5) is 0 Å². The Morgan fingerprint density at radius 2 is 1.95 bits per heavy atom. The van der Waals surface area contributed by atoms with E-state index in [0.717, 1.165) is 0 Å². The van der Waals surface area contributed by atoms with Gasteiger partial charge in [0.15, 0.2) is 0 Å². The monoisotopic (exact) mass is 309 g/mol. The van der Waals surface area contributed by atoms with Gasteiger partial charge in [-0.1, -0.05) is 49.4 Å². The van der Waals surface area contributed by atoms with Gasteiger partial charge in [-0.05, 0) is 5.56 Å². The molecule has 6 nitrogen and oxygen atoms in total. The molecule has 2 rings (SSSR count). The lowest BCUT2D eigenvalue weighted by atomic mass is 9.81. The van der Waals surface area contributed by atoms with Crippen molar-refractivity contribution >= 4 is 10.1 Å². The third kappa shape index (κ3) is 2.74. The quantitative estimate of drug-likeness (QED) is 0.523. The van der Waals surface area contributed by atoms with Crippen LogP contribution in [0.25, 0.3) is 0 Å². The first kappa shape index (κ1) is 15.4. The molecule has 21 heavy (non-hydrogen) atoms. The highest BCUT2D eigenvalue weighted by Gasteiger charge is 2.50. The molecule has 1 aliphatic carbocycles. The maximum atomic E-state index is 11.9. The molecule has 112 valence electrons. The van der Waals surface area contributed by atoms with E-state index in [1.807, 2.05) is 0 Å². The number of allylic oxidation sites excluding steroid dienone is 3. The van der Waals surface area contributed by atoms with Gasteiger partial charge in [0, 0.05) is 12.0 Å². The number of nitrogens with zero attached hydrogens (tertiary/aromatic N) is 1. The Balaban J connectivity index is 2.54. The van der Waals surface area contributed by atoms with Crippen LogP contribution in [0, 0.1) is 10.1 Å². The Hall–Kier alpha value is -1.99. The van der Waals surface area contributed by atoms with E-state index in [0.29, 0.717) is 5.56 Å². The number of hydrogen-bond donors (Lipinski definition) is 1. The molecule has 2 unspecified atom stereocenters. The van der Waals surface area contributed by atoms with Crippen molar-refractivity contribution in [1.29, 1.82) is 0 Å². The smallest absolute Gasteiger partial charge is 0.275 e. The molecule has 0 aliphatic heterocycles. The average molecular weight is 309 g/mol. The van der Waals surface area contributed by atoms with Crippen LogP contribution in [0.1, 0.15) is 24.8 Å². The maximum Gasteiger partial charge on any atom is 0.275 e. The molecule has 1 aliphatic rings. The fraction of sp³-hybridized carbons (Fsp3) is 0.286. The van der Waals surface area contributed by atoms with Crippen LogP contribution in [-0.2, 0) is 10.1 Å². The molecule has 0 aromatic heterocycles. The zero-order chi connectivity index (χ0) is 15.7. The van der Waals surface area contributed by atoms with Crippen LogP contribution >= 0.6 is 0 Å². The SMILES string of the molecule is CC(c1ccccc1)C1(S(=O)(=O)O)C=CC=C([N+](=O)[O-])C1. The Morgan fingerprint density at radius 3 is 2.48 bits per heavy atom. The first-order chi connectivity index (χ1) is 9.78. The summed E-state index contributed by atoms with van der Waals surface area (Å²) in [6.07, 6.45) is 3.52. The third-order valence-corrected chi connectivity index (χ3v) is 5.47. The van der Waals surface area contributed by atoms with Gasteiger partial charge in [0.25, 0.3) is 10.1 Å². The van der Waals surface area contributed by atoms with Gasteiger partial charge in [0.2, 0.25) is 5.70 Å². The van der Waals surface area contributed by atoms with Crippen LogP contribution in [0.2, 0.25) is 0 Å². The summed E-state index contributed by atoms with van der Waals surface area (Å²) in [6.45, 7) is 1.64. The minimum absolute atomic E-state index is 0.238. The minimum Gasteiger partial charge on any atom is -0.285 e. The molecular formula is C14H15NO5S. The summed E-state index contributed by atoms with van der Waals surface area (Å²) in [7, 11) is -4.53. The Morgan fingerprint density at radius 1 is 1.33 bits per heavy atom. The predicted molar refractivity (Wildman–Crippen MR) is 78.0 cm³/mol. The molecule has 1 aromatic rings. The van der Waals surface area contributed by atoms with Gasteiger partial charge in [-0.2, -0.15) is 8.42 Å². The van der Waals surface area contributed by atoms with E-state index < -0.39 is 25.7 Å². The first-order valence-electron chi connectivity index (χ1n) is 6.33. The standard InChI is InChI=1S/C14H15NO5S/c1-11(12-6-3-2-4-7-12)14(21(18,19)20)9-5-8-13(10-14)15(16)17/h2-9,11H,10H2,1H3,(H,18,19,20). The topological polar surface area (TPSA) is 97.5 Å². The molecule has 0 radical (unpaired) electrons. The van der Waals surface area contributed by atoms with Crippen LogP contribution in [0.3, 0.4) is 0 Å². The lowest BCUT2D eigenvalue weighted by molar-refractivity contribution is -0.428. The Labute approximate surface area is 122 Å². The highest BCUT2D eigenvalue weighted by molar-refractivity contribution is 7.87. The van der Waals surface area contributed by atoms with Gasteiger partial charge in [-0.15, -0.1) is 0 Å². The molecule has 0 heterocycles. The van der Waals surface area contributed by atoms with Crippen molar-refractivity contribution < 1.29 is 17.9 Å². The molecule has 0 bridgehead atoms. The summed E-state index contributed by atoms with van der Waals surface area (Å²) in [5, 5.41) is 11.0. The summed E-state index contributed by atoms with van der Waals surface area (Å²) in [4.78, 5) is 10.3. The van der Waals surface area contributed by atoms with Crippen LogP contribution in [0.15, 0.2) is 54.3 Å². The maximum absolute atomic E-state index is 11.9. The van der Waals surface area contributed by atoms with E-state index in [1.165, 1.54) is 18.2 Å². The fourth-order valence-electron chi connectivity index (χ4n) is 2.57. The second-order valence-corrected chi connectivity index (χ2v) is 6.72. The molecule has 7 heteroatoms. The van der Waals surface area contributed by atoms with Gasteiger partial charge in [0.1, 0.15) is 4.75 Å². The van der Waals surface area contributed by atoms with Gasteiger partial charge in [0.05, 0.1) is 11.3 Å². The molecule has 2 atom stereocenters. The van der Waals surface area contributed by atoms with E-state index in [9.17, 15) is 23.1 Å². The van der Waals surface area contributed by atoms with Crippen molar-refractivity contribution in [3.63, 3.8) is 0 Å². The lowest BCUT2D eigenvalue weighted by Gasteiger charge is -2.34. The van der Waals surface area contributed by atoms with Crippen LogP contribution < -0.4 is 0 Å². The van der Waals surface area contributed by atoms with E-state index in [4.69, 9.17) is 0 Å². The van der Waals surface area contributed by atoms with Gasteiger partial charge < -0.3 is 0 Å². The number of benzene rings is 1. The summed E-state index contributed by atoms with van der Waals surface area (Å²) >= 11 is 0. The predicted octanol–water partition coefficient (Wildman–Crippen LogP) is 2.54. The number of hydrogen-bond acceptors (Lipinski definition) is 4. The minimum atomic E-state index is -4.53. The van der Waals surface area contributed by atoms with Crippen LogP contribution in [-0.4, -0.2) is 22.6 Å². The third-order valence-electron chi connectivity index (χ3n) is 3.87. The normalized spacial score (nSPS) is 23.4. The number of rotatable bonds is 4. The van der Waals surface area contributed by atoms with Crippen molar-refractivity contribution in [2.24, 2.45) is 0 Å². The van der Waals surface area contributed by atoms with E-state index in [1.54, 1.807) is 37.3 Å². The van der Waals surface area contributed by atoms with E-state index in [2.05, 4.69) is 0 Å². The van der Waals surface area contributed by atoms with Gasteiger partial charge in [-0.3, -0.25) is 14.7 Å². The highest BCUT2D eigenvalue weighted by atomic mass is 32.2. The fourth-order valence-corrected chi connectivity index (χ4v) is 3.73. The lowest BCUT2D eigenvalue weighted by Crippen LogP contribution is -2.43. The summed E-state index contributed by atoms with van der Waals surface area (Å²) in [6, 6.07) is 8.75. The second kappa shape index (κ2) is 5.42. The molecule has 0 saturated heterocycles.